The van der Waals surface area contributed by atoms with Gasteiger partial charge in [0, 0.05) is 36.8 Å². The monoisotopic (exact) mass is 391 g/mol. The number of aromatic nitrogens is 3. The Morgan fingerprint density at radius 1 is 1.00 bits per heavy atom. The minimum atomic E-state index is -0.112. The first kappa shape index (κ1) is 18.7. The van der Waals surface area contributed by atoms with Crippen LogP contribution in [0.4, 0.5) is 5.69 Å². The molecule has 4 rings (SSSR count). The highest BCUT2D eigenvalue weighted by molar-refractivity contribution is 5.94. The number of hydrogen-bond acceptors (Lipinski definition) is 5. The number of hydrogen-bond donors (Lipinski definition) is 1. The Kier molecular flexibility index (Phi) is 4.99. The van der Waals surface area contributed by atoms with Gasteiger partial charge in [-0.05, 0) is 48.5 Å². The molecule has 1 aromatic heterocycles. The SMILES string of the molecule is COc1ccc(C(=O)N2CCn3c(nnc3-c3ccc(NC(C)=O)cc3)C2)cc1. The second-order valence-corrected chi connectivity index (χ2v) is 6.81. The van der Waals surface area contributed by atoms with E-state index >= 15 is 0 Å². The molecule has 1 N–H and O–H groups in total. The van der Waals surface area contributed by atoms with Crippen LogP contribution in [-0.4, -0.2) is 45.1 Å². The highest BCUT2D eigenvalue weighted by atomic mass is 16.5. The van der Waals surface area contributed by atoms with Crippen LogP contribution in [0.15, 0.2) is 48.5 Å². The molecule has 0 bridgehead atoms. The Labute approximate surface area is 168 Å². The lowest BCUT2D eigenvalue weighted by Gasteiger charge is -2.28. The summed E-state index contributed by atoms with van der Waals surface area (Å²) in [5.74, 6) is 2.07. The Hall–Kier alpha value is -3.68. The Bertz CT molecular complexity index is 1040. The number of nitrogens with zero attached hydrogens (tertiary/aromatic N) is 4. The summed E-state index contributed by atoms with van der Waals surface area (Å²) >= 11 is 0. The van der Waals surface area contributed by atoms with Gasteiger partial charge in [0.25, 0.3) is 5.91 Å². The lowest BCUT2D eigenvalue weighted by atomic mass is 10.1. The highest BCUT2D eigenvalue weighted by Gasteiger charge is 2.25. The van der Waals surface area contributed by atoms with Crippen molar-refractivity contribution in [3.8, 4) is 17.1 Å². The van der Waals surface area contributed by atoms with Gasteiger partial charge in [-0.2, -0.15) is 0 Å². The maximum Gasteiger partial charge on any atom is 0.254 e. The largest absolute Gasteiger partial charge is 0.497 e. The second kappa shape index (κ2) is 7.75. The third kappa shape index (κ3) is 3.82. The first-order valence-electron chi connectivity index (χ1n) is 9.28. The van der Waals surface area contributed by atoms with Crippen molar-refractivity contribution in [2.45, 2.75) is 20.0 Å². The van der Waals surface area contributed by atoms with Gasteiger partial charge in [-0.3, -0.25) is 9.59 Å². The average Bonchev–Trinajstić information content (AvgIpc) is 3.16. The van der Waals surface area contributed by atoms with Crippen molar-refractivity contribution in [1.29, 1.82) is 0 Å². The smallest absolute Gasteiger partial charge is 0.254 e. The lowest BCUT2D eigenvalue weighted by Crippen LogP contribution is -2.38. The van der Waals surface area contributed by atoms with Crippen LogP contribution < -0.4 is 10.1 Å². The van der Waals surface area contributed by atoms with E-state index in [4.69, 9.17) is 4.74 Å². The fourth-order valence-electron chi connectivity index (χ4n) is 3.37. The van der Waals surface area contributed by atoms with Crippen molar-refractivity contribution in [3.05, 3.63) is 59.9 Å². The molecular formula is C21H21N5O3. The van der Waals surface area contributed by atoms with Gasteiger partial charge in [0.15, 0.2) is 11.6 Å². The molecule has 8 nitrogen and oxygen atoms in total. The number of rotatable bonds is 4. The van der Waals surface area contributed by atoms with E-state index in [9.17, 15) is 9.59 Å². The van der Waals surface area contributed by atoms with Gasteiger partial charge in [0.05, 0.1) is 13.7 Å². The average molecular weight is 391 g/mol. The van der Waals surface area contributed by atoms with Crippen LogP contribution in [-0.2, 0) is 17.9 Å². The zero-order valence-corrected chi connectivity index (χ0v) is 16.3. The molecule has 8 heteroatoms. The molecule has 1 aliphatic rings. The number of benzene rings is 2. The zero-order chi connectivity index (χ0) is 20.4. The summed E-state index contributed by atoms with van der Waals surface area (Å²) in [6.07, 6.45) is 0. The molecule has 0 fully saturated rings. The molecule has 0 atom stereocenters. The maximum absolute atomic E-state index is 12.8. The second-order valence-electron chi connectivity index (χ2n) is 6.81. The van der Waals surface area contributed by atoms with Crippen molar-refractivity contribution in [3.63, 3.8) is 0 Å². The van der Waals surface area contributed by atoms with E-state index in [1.165, 1.54) is 6.92 Å². The summed E-state index contributed by atoms with van der Waals surface area (Å²) in [4.78, 5) is 25.7. The third-order valence-corrected chi connectivity index (χ3v) is 4.84. The third-order valence-electron chi connectivity index (χ3n) is 4.84. The van der Waals surface area contributed by atoms with Crippen molar-refractivity contribution >= 4 is 17.5 Å². The minimum Gasteiger partial charge on any atom is -0.497 e. The van der Waals surface area contributed by atoms with Crippen molar-refractivity contribution < 1.29 is 14.3 Å². The molecule has 29 heavy (non-hydrogen) atoms. The summed E-state index contributed by atoms with van der Waals surface area (Å²) in [7, 11) is 1.60. The molecule has 2 amide bonds. The van der Waals surface area contributed by atoms with Gasteiger partial charge in [-0.25, -0.2) is 0 Å². The first-order valence-corrected chi connectivity index (χ1v) is 9.28. The van der Waals surface area contributed by atoms with E-state index in [-0.39, 0.29) is 11.8 Å². The topological polar surface area (TPSA) is 89.3 Å². The number of amides is 2. The first-order chi connectivity index (χ1) is 14.0. The lowest BCUT2D eigenvalue weighted by molar-refractivity contribution is -0.114. The van der Waals surface area contributed by atoms with Gasteiger partial charge in [-0.1, -0.05) is 0 Å². The van der Waals surface area contributed by atoms with Gasteiger partial charge in [0.1, 0.15) is 5.75 Å². The highest BCUT2D eigenvalue weighted by Crippen LogP contribution is 2.24. The summed E-state index contributed by atoms with van der Waals surface area (Å²) in [5.41, 5.74) is 2.26. The summed E-state index contributed by atoms with van der Waals surface area (Å²) in [5, 5.41) is 11.4. The molecule has 0 saturated heterocycles. The molecule has 0 radical (unpaired) electrons. The molecule has 2 aromatic carbocycles. The number of methoxy groups -OCH3 is 1. The van der Waals surface area contributed by atoms with Crippen LogP contribution in [0.5, 0.6) is 5.75 Å². The number of anilines is 1. The Morgan fingerprint density at radius 3 is 2.38 bits per heavy atom. The molecule has 0 spiro atoms. The zero-order valence-electron chi connectivity index (χ0n) is 16.3. The van der Waals surface area contributed by atoms with Gasteiger partial charge in [0.2, 0.25) is 5.91 Å². The Balaban J connectivity index is 1.50. The van der Waals surface area contributed by atoms with E-state index in [0.717, 1.165) is 22.9 Å². The van der Waals surface area contributed by atoms with Crippen LogP contribution >= 0.6 is 0 Å². The molecule has 0 unspecified atom stereocenters. The fraction of sp³-hybridized carbons (Fsp3) is 0.238. The predicted octanol–water partition coefficient (Wildman–Crippen LogP) is 2.57. The number of ether oxygens (including phenoxy) is 1. The number of nitrogens with one attached hydrogen (secondary N) is 1. The summed E-state index contributed by atoms with van der Waals surface area (Å²) in [6.45, 7) is 3.07. The Morgan fingerprint density at radius 2 is 1.72 bits per heavy atom. The van der Waals surface area contributed by atoms with Crippen LogP contribution in [0.2, 0.25) is 0 Å². The number of fused-ring (bicyclic) bond motifs is 1. The van der Waals surface area contributed by atoms with E-state index in [0.29, 0.717) is 30.9 Å². The maximum atomic E-state index is 12.8. The van der Waals surface area contributed by atoms with Gasteiger partial charge in [-0.15, -0.1) is 10.2 Å². The van der Waals surface area contributed by atoms with Crippen LogP contribution in [0.25, 0.3) is 11.4 Å². The summed E-state index contributed by atoms with van der Waals surface area (Å²) in [6, 6.07) is 14.6. The van der Waals surface area contributed by atoms with E-state index in [2.05, 4.69) is 15.5 Å². The summed E-state index contributed by atoms with van der Waals surface area (Å²) < 4.78 is 7.18. The van der Waals surface area contributed by atoms with E-state index in [1.807, 2.05) is 28.8 Å². The van der Waals surface area contributed by atoms with Crippen LogP contribution in [0, 0.1) is 0 Å². The van der Waals surface area contributed by atoms with E-state index in [1.54, 1.807) is 36.3 Å². The van der Waals surface area contributed by atoms with Crippen LogP contribution in [0.1, 0.15) is 23.1 Å². The molecule has 0 aliphatic carbocycles. The van der Waals surface area contributed by atoms with Crippen molar-refractivity contribution in [1.82, 2.24) is 19.7 Å². The minimum absolute atomic E-state index is 0.0388. The quantitative estimate of drug-likeness (QED) is 0.738. The predicted molar refractivity (Wildman–Crippen MR) is 107 cm³/mol. The van der Waals surface area contributed by atoms with Gasteiger partial charge < -0.3 is 19.5 Å². The van der Waals surface area contributed by atoms with Crippen LogP contribution in [0.3, 0.4) is 0 Å². The molecule has 1 aliphatic heterocycles. The molecule has 2 heterocycles. The molecule has 0 saturated carbocycles. The molecule has 148 valence electrons. The van der Waals surface area contributed by atoms with Gasteiger partial charge >= 0.3 is 0 Å². The molecular weight excluding hydrogens is 370 g/mol. The molecule has 3 aromatic rings. The normalized spacial score (nSPS) is 13.0. The number of carbonyl (C=O) groups is 2. The van der Waals surface area contributed by atoms with E-state index < -0.39 is 0 Å². The standard InChI is InChI=1S/C21H21N5O3/c1-14(27)22-17-7-3-15(4-8-17)20-24-23-19-13-25(11-12-26(19)20)21(28)16-5-9-18(29-2)10-6-16/h3-10H,11-13H2,1-2H3,(H,22,27). The fourth-order valence-corrected chi connectivity index (χ4v) is 3.37. The van der Waals surface area contributed by atoms with Crippen molar-refractivity contribution in [2.24, 2.45) is 0 Å². The number of carbonyl (C=O) groups excluding carboxylic acids is 2. The van der Waals surface area contributed by atoms with Crippen molar-refractivity contribution in [2.75, 3.05) is 19.0 Å².